The van der Waals surface area contributed by atoms with E-state index in [2.05, 4.69) is 15.4 Å². The van der Waals surface area contributed by atoms with Crippen molar-refractivity contribution in [2.75, 3.05) is 17.8 Å². The number of anilines is 1. The molecule has 1 rings (SSSR count). The molecule has 0 aliphatic heterocycles. The minimum Gasteiger partial charge on any atom is -0.396 e. The van der Waals surface area contributed by atoms with Gasteiger partial charge in [-0.2, -0.15) is 11.8 Å². The Hall–Kier alpha value is -0.850. The summed E-state index contributed by atoms with van der Waals surface area (Å²) in [6, 6.07) is 0. The minimum absolute atomic E-state index is 0.231. The van der Waals surface area contributed by atoms with Crippen molar-refractivity contribution in [1.29, 1.82) is 0 Å². The van der Waals surface area contributed by atoms with Crippen LogP contribution in [0, 0.1) is 5.92 Å². The van der Waals surface area contributed by atoms with E-state index in [0.29, 0.717) is 11.7 Å². The van der Waals surface area contributed by atoms with Crippen LogP contribution in [-0.2, 0) is 5.75 Å². The van der Waals surface area contributed by atoms with Crippen LogP contribution in [0.5, 0.6) is 0 Å². The predicted molar refractivity (Wildman–Crippen MR) is 62.3 cm³/mol. The van der Waals surface area contributed by atoms with E-state index in [1.54, 1.807) is 24.2 Å². The van der Waals surface area contributed by atoms with Gasteiger partial charge in [0.05, 0.1) is 18.1 Å². The molecule has 1 aromatic heterocycles. The van der Waals surface area contributed by atoms with Gasteiger partial charge in [0, 0.05) is 12.4 Å². The van der Waals surface area contributed by atoms with Gasteiger partial charge in [-0.05, 0) is 11.7 Å². The Balaban J connectivity index is 2.31. The minimum atomic E-state index is 0.231. The van der Waals surface area contributed by atoms with Crippen LogP contribution in [-0.4, -0.2) is 27.4 Å². The Morgan fingerprint density at radius 2 is 2.33 bits per heavy atom. The molecule has 1 aromatic rings. The molecular weight excluding hydrogens is 212 g/mol. The standard InChI is InChI=1S/C9H16N4OS/c1-7(4-14)5-15-6-8-2-12-9(13-10)3-11-8/h2-3,7,14H,4-6,10H2,1H3,(H,12,13). The Kier molecular flexibility index (Phi) is 5.38. The fraction of sp³-hybridized carbons (Fsp3) is 0.556. The highest BCUT2D eigenvalue weighted by Crippen LogP contribution is 2.13. The largest absolute Gasteiger partial charge is 0.396 e. The zero-order valence-electron chi connectivity index (χ0n) is 8.68. The van der Waals surface area contributed by atoms with Gasteiger partial charge in [-0.15, -0.1) is 0 Å². The molecule has 0 saturated carbocycles. The first-order valence-corrected chi connectivity index (χ1v) is 5.88. The van der Waals surface area contributed by atoms with Gasteiger partial charge in [0.25, 0.3) is 0 Å². The van der Waals surface area contributed by atoms with Crippen molar-refractivity contribution in [3.63, 3.8) is 0 Å². The third kappa shape index (κ3) is 4.46. The zero-order valence-corrected chi connectivity index (χ0v) is 9.50. The molecule has 1 unspecified atom stereocenters. The molecule has 0 saturated heterocycles. The highest BCUT2D eigenvalue weighted by Gasteiger charge is 2.01. The summed E-state index contributed by atoms with van der Waals surface area (Å²) >= 11 is 1.74. The number of nitrogen functional groups attached to an aromatic ring is 1. The highest BCUT2D eigenvalue weighted by molar-refractivity contribution is 7.98. The molecule has 0 aromatic carbocycles. The van der Waals surface area contributed by atoms with Crippen molar-refractivity contribution in [3.05, 3.63) is 18.1 Å². The van der Waals surface area contributed by atoms with E-state index in [-0.39, 0.29) is 6.61 Å². The van der Waals surface area contributed by atoms with Crippen LogP contribution >= 0.6 is 11.8 Å². The number of hydrazine groups is 1. The van der Waals surface area contributed by atoms with Crippen LogP contribution in [0.25, 0.3) is 0 Å². The number of aliphatic hydroxyl groups excluding tert-OH is 1. The van der Waals surface area contributed by atoms with Crippen molar-refractivity contribution in [2.45, 2.75) is 12.7 Å². The van der Waals surface area contributed by atoms with Gasteiger partial charge in [0.2, 0.25) is 0 Å². The molecule has 0 fully saturated rings. The summed E-state index contributed by atoms with van der Waals surface area (Å²) in [4.78, 5) is 8.24. The number of rotatable bonds is 6. The van der Waals surface area contributed by atoms with Crippen LogP contribution in [0.15, 0.2) is 12.4 Å². The van der Waals surface area contributed by atoms with Crippen molar-refractivity contribution in [2.24, 2.45) is 11.8 Å². The van der Waals surface area contributed by atoms with E-state index in [9.17, 15) is 0 Å². The SMILES string of the molecule is CC(CO)CSCc1cnc(NN)cn1. The smallest absolute Gasteiger partial charge is 0.158 e. The fourth-order valence-electron chi connectivity index (χ4n) is 0.921. The monoisotopic (exact) mass is 228 g/mol. The van der Waals surface area contributed by atoms with Gasteiger partial charge < -0.3 is 10.5 Å². The number of hydrogen-bond acceptors (Lipinski definition) is 6. The van der Waals surface area contributed by atoms with E-state index in [0.717, 1.165) is 17.2 Å². The Morgan fingerprint density at radius 1 is 1.53 bits per heavy atom. The number of hydrogen-bond donors (Lipinski definition) is 3. The lowest BCUT2D eigenvalue weighted by Crippen LogP contribution is -2.09. The molecule has 1 atom stereocenters. The molecule has 0 amide bonds. The summed E-state index contributed by atoms with van der Waals surface area (Å²) in [7, 11) is 0. The summed E-state index contributed by atoms with van der Waals surface area (Å²) in [5.74, 6) is 7.79. The number of aliphatic hydroxyl groups is 1. The van der Waals surface area contributed by atoms with Gasteiger partial charge in [-0.25, -0.2) is 10.8 Å². The Bertz CT molecular complexity index is 280. The van der Waals surface area contributed by atoms with Crippen LogP contribution in [0.4, 0.5) is 5.82 Å². The topological polar surface area (TPSA) is 84.1 Å². The summed E-state index contributed by atoms with van der Waals surface area (Å²) in [5.41, 5.74) is 3.34. The van der Waals surface area contributed by atoms with Gasteiger partial charge in [0.15, 0.2) is 5.82 Å². The molecule has 0 radical (unpaired) electrons. The van der Waals surface area contributed by atoms with Crippen molar-refractivity contribution < 1.29 is 5.11 Å². The molecule has 0 spiro atoms. The zero-order chi connectivity index (χ0) is 11.1. The van der Waals surface area contributed by atoms with Crippen LogP contribution in [0.1, 0.15) is 12.6 Å². The second-order valence-corrected chi connectivity index (χ2v) is 4.37. The first-order valence-electron chi connectivity index (χ1n) is 4.72. The maximum atomic E-state index is 8.84. The van der Waals surface area contributed by atoms with Crippen LogP contribution in [0.3, 0.4) is 0 Å². The molecule has 0 aliphatic rings. The van der Waals surface area contributed by atoms with Gasteiger partial charge in [0.1, 0.15) is 0 Å². The quantitative estimate of drug-likeness (QED) is 0.489. The lowest BCUT2D eigenvalue weighted by atomic mass is 10.2. The third-order valence-corrected chi connectivity index (χ3v) is 3.12. The van der Waals surface area contributed by atoms with E-state index >= 15 is 0 Å². The average Bonchev–Trinajstić information content (AvgIpc) is 2.29. The predicted octanol–water partition coefficient (Wildman–Crippen LogP) is 0.624. The Labute approximate surface area is 93.5 Å². The van der Waals surface area contributed by atoms with E-state index in [1.807, 2.05) is 6.92 Å². The van der Waals surface area contributed by atoms with Crippen molar-refractivity contribution >= 4 is 17.6 Å². The molecule has 0 bridgehead atoms. The van der Waals surface area contributed by atoms with Gasteiger partial charge in [-0.1, -0.05) is 6.92 Å². The second-order valence-electron chi connectivity index (χ2n) is 3.34. The number of nitrogens with zero attached hydrogens (tertiary/aromatic N) is 2. The summed E-state index contributed by atoms with van der Waals surface area (Å²) in [6.45, 7) is 2.24. The highest BCUT2D eigenvalue weighted by atomic mass is 32.2. The maximum absolute atomic E-state index is 8.84. The lowest BCUT2D eigenvalue weighted by Gasteiger charge is -2.06. The molecule has 0 aliphatic carbocycles. The molecule has 5 nitrogen and oxygen atoms in total. The van der Waals surface area contributed by atoms with Crippen molar-refractivity contribution in [1.82, 2.24) is 9.97 Å². The van der Waals surface area contributed by atoms with Gasteiger partial charge >= 0.3 is 0 Å². The van der Waals surface area contributed by atoms with E-state index in [1.165, 1.54) is 0 Å². The summed E-state index contributed by atoms with van der Waals surface area (Å²) < 4.78 is 0. The second kappa shape index (κ2) is 6.60. The van der Waals surface area contributed by atoms with Gasteiger partial charge in [-0.3, -0.25) is 4.98 Å². The normalized spacial score (nSPS) is 12.5. The van der Waals surface area contributed by atoms with Crippen LogP contribution in [0.2, 0.25) is 0 Å². The number of nitrogens with one attached hydrogen (secondary N) is 1. The summed E-state index contributed by atoms with van der Waals surface area (Å²) in [6.07, 6.45) is 3.30. The lowest BCUT2D eigenvalue weighted by molar-refractivity contribution is 0.250. The first-order chi connectivity index (χ1) is 7.26. The molecule has 6 heteroatoms. The Morgan fingerprint density at radius 3 is 2.87 bits per heavy atom. The number of thioether (sulfide) groups is 1. The maximum Gasteiger partial charge on any atom is 0.158 e. The molecule has 15 heavy (non-hydrogen) atoms. The van der Waals surface area contributed by atoms with Crippen LogP contribution < -0.4 is 11.3 Å². The molecule has 4 N–H and O–H groups in total. The van der Waals surface area contributed by atoms with E-state index < -0.39 is 0 Å². The molecule has 84 valence electrons. The number of nitrogens with two attached hydrogens (primary N) is 1. The molecule has 1 heterocycles. The third-order valence-electron chi connectivity index (χ3n) is 1.82. The number of aromatic nitrogens is 2. The summed E-state index contributed by atoms with van der Waals surface area (Å²) in [5, 5.41) is 8.84. The average molecular weight is 228 g/mol. The first kappa shape index (κ1) is 12.2. The van der Waals surface area contributed by atoms with E-state index in [4.69, 9.17) is 10.9 Å². The fourth-order valence-corrected chi connectivity index (χ4v) is 1.91. The van der Waals surface area contributed by atoms with Crippen molar-refractivity contribution in [3.8, 4) is 0 Å². The molecular formula is C9H16N4OS.